The summed E-state index contributed by atoms with van der Waals surface area (Å²) in [5.41, 5.74) is -0.489. The smallest absolute Gasteiger partial charge is 0.265 e. The average molecular weight is 317 g/mol. The molecule has 0 aliphatic heterocycles. The molecule has 0 saturated heterocycles. The van der Waals surface area contributed by atoms with Crippen molar-refractivity contribution in [2.75, 3.05) is 11.8 Å². The lowest BCUT2D eigenvalue weighted by Gasteiger charge is -2.11. The van der Waals surface area contributed by atoms with E-state index < -0.39 is 26.9 Å². The number of nitrogens with one attached hydrogen (secondary N) is 1. The Morgan fingerprint density at radius 2 is 2.00 bits per heavy atom. The van der Waals surface area contributed by atoms with Crippen LogP contribution in [-0.2, 0) is 17.1 Å². The molecule has 1 aromatic carbocycles. The van der Waals surface area contributed by atoms with Crippen molar-refractivity contribution in [3.8, 4) is 5.88 Å². The van der Waals surface area contributed by atoms with E-state index >= 15 is 0 Å². The van der Waals surface area contributed by atoms with Crippen molar-refractivity contribution in [3.05, 3.63) is 36.0 Å². The van der Waals surface area contributed by atoms with Crippen LogP contribution in [0.25, 0.3) is 0 Å². The molecule has 0 unspecified atom stereocenters. The largest absolute Gasteiger partial charge is 0.478 e. The Morgan fingerprint density at radius 3 is 2.62 bits per heavy atom. The maximum Gasteiger partial charge on any atom is 0.265 e. The van der Waals surface area contributed by atoms with Crippen LogP contribution >= 0.6 is 0 Å². The van der Waals surface area contributed by atoms with Crippen LogP contribution < -0.4 is 9.46 Å². The highest BCUT2D eigenvalue weighted by molar-refractivity contribution is 7.92. The number of methoxy groups -OCH3 is 1. The molecule has 0 bridgehead atoms. The zero-order valence-corrected chi connectivity index (χ0v) is 12.1. The number of anilines is 1. The summed E-state index contributed by atoms with van der Waals surface area (Å²) in [4.78, 5) is -0.481. The van der Waals surface area contributed by atoms with E-state index in [-0.39, 0.29) is 11.6 Å². The third kappa shape index (κ3) is 3.13. The van der Waals surface area contributed by atoms with Crippen LogP contribution in [0.1, 0.15) is 12.0 Å². The molecule has 6 nitrogen and oxygen atoms in total. The highest BCUT2D eigenvalue weighted by atomic mass is 32.2. The highest BCUT2D eigenvalue weighted by Crippen LogP contribution is 2.29. The molecule has 9 heteroatoms. The molecule has 0 fully saturated rings. The second-order valence-corrected chi connectivity index (χ2v) is 5.82. The second-order valence-electron chi connectivity index (χ2n) is 4.17. The molecule has 0 amide bonds. The first-order chi connectivity index (χ1) is 9.85. The second kappa shape index (κ2) is 5.68. The molecule has 1 aromatic heterocycles. The Morgan fingerprint density at radius 1 is 1.33 bits per heavy atom. The van der Waals surface area contributed by atoms with E-state index in [1.54, 1.807) is 7.05 Å². The molecule has 21 heavy (non-hydrogen) atoms. The van der Waals surface area contributed by atoms with Gasteiger partial charge < -0.3 is 4.74 Å². The summed E-state index contributed by atoms with van der Waals surface area (Å²) in [6.45, 7) is 0. The van der Waals surface area contributed by atoms with Crippen molar-refractivity contribution in [3.63, 3.8) is 0 Å². The number of benzene rings is 1. The van der Waals surface area contributed by atoms with Gasteiger partial charge >= 0.3 is 0 Å². The Bertz CT molecular complexity index is 744. The molecule has 0 saturated carbocycles. The van der Waals surface area contributed by atoms with Gasteiger partial charge in [-0.05, 0) is 6.07 Å². The molecule has 0 atom stereocenters. The van der Waals surface area contributed by atoms with Gasteiger partial charge in [-0.3, -0.25) is 9.40 Å². The molecular formula is C12H13F2N3O3S. The summed E-state index contributed by atoms with van der Waals surface area (Å²) in [6.07, 6.45) is -1.52. The van der Waals surface area contributed by atoms with Crippen LogP contribution in [0.2, 0.25) is 0 Å². The molecule has 114 valence electrons. The number of hydrogen-bond donors (Lipinski definition) is 1. The van der Waals surface area contributed by atoms with Gasteiger partial charge in [0.25, 0.3) is 22.3 Å². The molecule has 2 aromatic rings. The van der Waals surface area contributed by atoms with Gasteiger partial charge in [0, 0.05) is 12.6 Å². The molecule has 0 radical (unpaired) electrons. The Hall–Kier alpha value is -2.16. The lowest BCUT2D eigenvalue weighted by Crippen LogP contribution is -2.15. The minimum Gasteiger partial charge on any atom is -0.478 e. The fourth-order valence-electron chi connectivity index (χ4n) is 1.79. The molecule has 0 aliphatic carbocycles. The van der Waals surface area contributed by atoms with E-state index in [1.807, 2.05) is 0 Å². The van der Waals surface area contributed by atoms with E-state index in [0.717, 1.165) is 12.1 Å². The van der Waals surface area contributed by atoms with Crippen molar-refractivity contribution >= 4 is 15.7 Å². The zero-order chi connectivity index (χ0) is 15.6. The van der Waals surface area contributed by atoms with Crippen LogP contribution in [0.5, 0.6) is 5.88 Å². The lowest BCUT2D eigenvalue weighted by atomic mass is 10.2. The van der Waals surface area contributed by atoms with E-state index in [0.29, 0.717) is 0 Å². The average Bonchev–Trinajstić information content (AvgIpc) is 2.78. The van der Waals surface area contributed by atoms with E-state index in [2.05, 4.69) is 9.82 Å². The normalized spacial score (nSPS) is 11.7. The van der Waals surface area contributed by atoms with Crippen LogP contribution in [0, 0.1) is 0 Å². The Labute approximate surface area is 120 Å². The van der Waals surface area contributed by atoms with Gasteiger partial charge in [-0.1, -0.05) is 18.2 Å². The molecule has 1 N–H and O–H groups in total. The molecule has 2 rings (SSSR count). The first-order valence-corrected chi connectivity index (χ1v) is 7.31. The summed E-state index contributed by atoms with van der Waals surface area (Å²) in [6, 6.07) is 4.92. The third-order valence-corrected chi connectivity index (χ3v) is 4.12. The van der Waals surface area contributed by atoms with Gasteiger partial charge in [-0.2, -0.15) is 0 Å². The van der Waals surface area contributed by atoms with Crippen molar-refractivity contribution < 1.29 is 21.9 Å². The zero-order valence-electron chi connectivity index (χ0n) is 11.2. The number of rotatable bonds is 5. The summed E-state index contributed by atoms with van der Waals surface area (Å²) in [5.74, 6) is 0.0515. The number of hydrogen-bond acceptors (Lipinski definition) is 4. The van der Waals surface area contributed by atoms with Gasteiger partial charge in [-0.15, -0.1) is 5.10 Å². The summed E-state index contributed by atoms with van der Waals surface area (Å²) < 4.78 is 58.8. The summed E-state index contributed by atoms with van der Waals surface area (Å²) >= 11 is 0. The first-order valence-electron chi connectivity index (χ1n) is 5.82. The maximum atomic E-state index is 12.9. The monoisotopic (exact) mass is 317 g/mol. The predicted octanol–water partition coefficient (Wildman–Crippen LogP) is 2.17. The van der Waals surface area contributed by atoms with Gasteiger partial charge in [0.05, 0.1) is 18.2 Å². The standard InChI is InChI=1S/C12H13F2N3O3S/c1-17-7-9(12(15-17)20-2)16-21(18,19)10-6-4-3-5-8(10)11(13)14/h3-7,11,16H,1-2H3. The minimum absolute atomic E-state index is 0.0515. The number of sulfonamides is 1. The first kappa shape index (κ1) is 15.2. The summed E-state index contributed by atoms with van der Waals surface area (Å²) in [7, 11) is -1.27. The SMILES string of the molecule is COc1nn(C)cc1NS(=O)(=O)c1ccccc1C(F)F. The number of halogens is 2. The number of aromatic nitrogens is 2. The van der Waals surface area contributed by atoms with Crippen molar-refractivity contribution in [1.82, 2.24) is 9.78 Å². The van der Waals surface area contributed by atoms with Gasteiger partial charge in [0.1, 0.15) is 5.69 Å². The lowest BCUT2D eigenvalue weighted by molar-refractivity contribution is 0.148. The quantitative estimate of drug-likeness (QED) is 0.917. The molecule has 0 spiro atoms. The third-order valence-electron chi connectivity index (χ3n) is 2.68. The topological polar surface area (TPSA) is 73.2 Å². The van der Waals surface area contributed by atoms with Crippen LogP contribution in [-0.4, -0.2) is 25.3 Å². The fraction of sp³-hybridized carbons (Fsp3) is 0.250. The van der Waals surface area contributed by atoms with Crippen LogP contribution in [0.15, 0.2) is 35.4 Å². The fourth-order valence-corrected chi connectivity index (χ4v) is 3.06. The summed E-state index contributed by atoms with van der Waals surface area (Å²) in [5, 5.41) is 3.88. The number of aryl methyl sites for hydroxylation is 1. The molecule has 0 aliphatic rings. The van der Waals surface area contributed by atoms with Crippen molar-refractivity contribution in [2.45, 2.75) is 11.3 Å². The Balaban J connectivity index is 2.43. The van der Waals surface area contributed by atoms with Gasteiger partial charge in [-0.25, -0.2) is 17.2 Å². The Kier molecular flexibility index (Phi) is 4.12. The van der Waals surface area contributed by atoms with Crippen molar-refractivity contribution in [2.24, 2.45) is 7.05 Å². The van der Waals surface area contributed by atoms with E-state index in [4.69, 9.17) is 4.74 Å². The molecule has 1 heterocycles. The van der Waals surface area contributed by atoms with Gasteiger partial charge in [0.2, 0.25) is 0 Å². The van der Waals surface area contributed by atoms with Crippen molar-refractivity contribution in [1.29, 1.82) is 0 Å². The number of alkyl halides is 2. The van der Waals surface area contributed by atoms with Gasteiger partial charge in [0.15, 0.2) is 0 Å². The molecular weight excluding hydrogens is 304 g/mol. The number of nitrogens with zero attached hydrogens (tertiary/aromatic N) is 2. The van der Waals surface area contributed by atoms with Crippen LogP contribution in [0.3, 0.4) is 0 Å². The van der Waals surface area contributed by atoms with E-state index in [9.17, 15) is 17.2 Å². The maximum absolute atomic E-state index is 12.9. The minimum atomic E-state index is -4.17. The van der Waals surface area contributed by atoms with E-state index in [1.165, 1.54) is 30.1 Å². The van der Waals surface area contributed by atoms with Crippen LogP contribution in [0.4, 0.5) is 14.5 Å². The highest BCUT2D eigenvalue weighted by Gasteiger charge is 2.24. The number of ether oxygens (including phenoxy) is 1. The predicted molar refractivity (Wildman–Crippen MR) is 72.0 cm³/mol.